The summed E-state index contributed by atoms with van der Waals surface area (Å²) in [4.78, 5) is 17.7. The highest BCUT2D eigenvalue weighted by Crippen LogP contribution is 2.26. The standard InChI is InChI=1S/C20H26N2O3/c1-4-25-20(23)17-6-5-10-22(14(17)2)11-9-15-13-21-19-12-16(24-3)7-8-18(15)19/h7-8,12-13,21H,4-6,9-11H2,1-3H3. The van der Waals surface area contributed by atoms with Crippen LogP contribution in [0.2, 0.25) is 0 Å². The van der Waals surface area contributed by atoms with Crippen LogP contribution in [0.5, 0.6) is 5.75 Å². The molecule has 3 rings (SSSR count). The van der Waals surface area contributed by atoms with Crippen molar-refractivity contribution in [3.8, 4) is 5.75 Å². The Kier molecular flexibility index (Phi) is 5.31. The molecule has 1 aliphatic rings. The summed E-state index contributed by atoms with van der Waals surface area (Å²) in [5, 5.41) is 1.23. The van der Waals surface area contributed by atoms with Crippen molar-refractivity contribution in [2.45, 2.75) is 33.1 Å². The minimum atomic E-state index is -0.163. The van der Waals surface area contributed by atoms with Crippen LogP contribution in [0.1, 0.15) is 32.3 Å². The predicted molar refractivity (Wildman–Crippen MR) is 98.7 cm³/mol. The fraction of sp³-hybridized carbons (Fsp3) is 0.450. The average Bonchev–Trinajstić information content (AvgIpc) is 3.03. The molecule has 0 radical (unpaired) electrons. The summed E-state index contributed by atoms with van der Waals surface area (Å²) in [7, 11) is 1.68. The molecule has 0 fully saturated rings. The number of nitrogens with zero attached hydrogens (tertiary/aromatic N) is 1. The SMILES string of the molecule is CCOC(=O)C1=C(C)N(CCc2c[nH]c3cc(OC)ccc23)CCC1. The highest BCUT2D eigenvalue weighted by atomic mass is 16.5. The van der Waals surface area contributed by atoms with Gasteiger partial charge in [0.2, 0.25) is 0 Å². The van der Waals surface area contributed by atoms with Gasteiger partial charge in [0.25, 0.3) is 0 Å². The zero-order chi connectivity index (χ0) is 17.8. The summed E-state index contributed by atoms with van der Waals surface area (Å²) >= 11 is 0. The molecule has 1 aromatic carbocycles. The summed E-state index contributed by atoms with van der Waals surface area (Å²) in [6, 6.07) is 6.11. The lowest BCUT2D eigenvalue weighted by Gasteiger charge is -2.31. The topological polar surface area (TPSA) is 54.6 Å². The number of allylic oxidation sites excluding steroid dienone is 1. The number of rotatable bonds is 6. The van der Waals surface area contributed by atoms with Crippen molar-refractivity contribution in [1.29, 1.82) is 0 Å². The van der Waals surface area contributed by atoms with Crippen molar-refractivity contribution < 1.29 is 14.3 Å². The van der Waals surface area contributed by atoms with E-state index in [0.29, 0.717) is 6.61 Å². The zero-order valence-corrected chi connectivity index (χ0v) is 15.2. The van der Waals surface area contributed by atoms with Gasteiger partial charge in [-0.2, -0.15) is 0 Å². The summed E-state index contributed by atoms with van der Waals surface area (Å²) in [6.07, 6.45) is 4.81. The van der Waals surface area contributed by atoms with Crippen LogP contribution in [0.25, 0.3) is 10.9 Å². The fourth-order valence-electron chi connectivity index (χ4n) is 3.49. The van der Waals surface area contributed by atoms with Gasteiger partial charge in [0.1, 0.15) is 5.75 Å². The number of hydrogen-bond acceptors (Lipinski definition) is 4. The largest absolute Gasteiger partial charge is 0.497 e. The molecule has 0 bridgehead atoms. The lowest BCUT2D eigenvalue weighted by molar-refractivity contribution is -0.139. The first-order valence-corrected chi connectivity index (χ1v) is 8.89. The van der Waals surface area contributed by atoms with E-state index in [1.165, 1.54) is 10.9 Å². The molecule has 5 nitrogen and oxygen atoms in total. The highest BCUT2D eigenvalue weighted by molar-refractivity contribution is 5.89. The summed E-state index contributed by atoms with van der Waals surface area (Å²) in [5.74, 6) is 0.693. The minimum Gasteiger partial charge on any atom is -0.497 e. The fourth-order valence-corrected chi connectivity index (χ4v) is 3.49. The Morgan fingerprint density at radius 3 is 2.96 bits per heavy atom. The molecule has 5 heteroatoms. The average molecular weight is 342 g/mol. The van der Waals surface area contributed by atoms with Gasteiger partial charge in [-0.15, -0.1) is 0 Å². The molecule has 0 saturated heterocycles. The van der Waals surface area contributed by atoms with Crippen LogP contribution in [-0.4, -0.2) is 42.7 Å². The van der Waals surface area contributed by atoms with Crippen LogP contribution >= 0.6 is 0 Å². The Morgan fingerprint density at radius 2 is 2.20 bits per heavy atom. The van der Waals surface area contributed by atoms with E-state index in [1.54, 1.807) is 7.11 Å². The molecule has 1 aromatic heterocycles. The van der Waals surface area contributed by atoms with Crippen LogP contribution in [0, 0.1) is 0 Å². The summed E-state index contributed by atoms with van der Waals surface area (Å²) in [6.45, 7) is 6.19. The summed E-state index contributed by atoms with van der Waals surface area (Å²) in [5.41, 5.74) is 4.27. The maximum Gasteiger partial charge on any atom is 0.335 e. The molecule has 1 aliphatic heterocycles. The number of aromatic nitrogens is 1. The lowest BCUT2D eigenvalue weighted by atomic mass is 10.0. The van der Waals surface area contributed by atoms with Crippen LogP contribution in [-0.2, 0) is 16.0 Å². The van der Waals surface area contributed by atoms with Crippen molar-refractivity contribution in [3.05, 3.63) is 41.2 Å². The van der Waals surface area contributed by atoms with Gasteiger partial charge in [-0.05, 0) is 50.8 Å². The van der Waals surface area contributed by atoms with E-state index in [2.05, 4.69) is 22.1 Å². The molecule has 0 spiro atoms. The zero-order valence-electron chi connectivity index (χ0n) is 15.2. The number of carbonyl (C=O) groups excluding carboxylic acids is 1. The van der Waals surface area contributed by atoms with Gasteiger partial charge in [-0.3, -0.25) is 0 Å². The number of hydrogen-bond donors (Lipinski definition) is 1. The molecule has 1 N–H and O–H groups in total. The number of carbonyl (C=O) groups is 1. The molecule has 25 heavy (non-hydrogen) atoms. The number of ether oxygens (including phenoxy) is 2. The molecular formula is C20H26N2O3. The number of methoxy groups -OCH3 is 1. The van der Waals surface area contributed by atoms with E-state index in [9.17, 15) is 4.79 Å². The molecule has 134 valence electrons. The monoisotopic (exact) mass is 342 g/mol. The van der Waals surface area contributed by atoms with E-state index in [4.69, 9.17) is 9.47 Å². The van der Waals surface area contributed by atoms with E-state index in [1.807, 2.05) is 26.0 Å². The second-order valence-electron chi connectivity index (χ2n) is 6.35. The molecule has 0 saturated carbocycles. The number of H-pyrrole nitrogens is 1. The molecule has 0 atom stereocenters. The van der Waals surface area contributed by atoms with Crippen molar-refractivity contribution >= 4 is 16.9 Å². The molecule has 2 heterocycles. The van der Waals surface area contributed by atoms with Crippen molar-refractivity contribution in [2.24, 2.45) is 0 Å². The summed E-state index contributed by atoms with van der Waals surface area (Å²) < 4.78 is 10.5. The number of benzene rings is 1. The molecule has 2 aromatic rings. The maximum atomic E-state index is 12.1. The van der Waals surface area contributed by atoms with E-state index < -0.39 is 0 Å². The predicted octanol–water partition coefficient (Wildman–Crippen LogP) is 3.65. The Balaban J connectivity index is 1.73. The number of nitrogens with one attached hydrogen (secondary N) is 1. The van der Waals surface area contributed by atoms with Crippen LogP contribution in [0.3, 0.4) is 0 Å². The number of esters is 1. The Hall–Kier alpha value is -2.43. The molecule has 0 unspecified atom stereocenters. The molecular weight excluding hydrogens is 316 g/mol. The van der Waals surface area contributed by atoms with Crippen LogP contribution in [0.15, 0.2) is 35.7 Å². The smallest absolute Gasteiger partial charge is 0.335 e. The van der Waals surface area contributed by atoms with E-state index in [0.717, 1.165) is 54.9 Å². The third-order valence-electron chi connectivity index (χ3n) is 4.91. The van der Waals surface area contributed by atoms with Gasteiger partial charge in [0, 0.05) is 42.0 Å². The molecule has 0 amide bonds. The first kappa shape index (κ1) is 17.4. The maximum absolute atomic E-state index is 12.1. The number of fused-ring (bicyclic) bond motifs is 1. The first-order chi connectivity index (χ1) is 12.1. The van der Waals surface area contributed by atoms with Gasteiger partial charge in [-0.1, -0.05) is 0 Å². The third kappa shape index (κ3) is 3.65. The highest BCUT2D eigenvalue weighted by Gasteiger charge is 2.22. The van der Waals surface area contributed by atoms with Gasteiger partial charge >= 0.3 is 5.97 Å². The Morgan fingerprint density at radius 1 is 1.36 bits per heavy atom. The molecule has 0 aliphatic carbocycles. The van der Waals surface area contributed by atoms with Gasteiger partial charge in [0.05, 0.1) is 19.3 Å². The van der Waals surface area contributed by atoms with Crippen LogP contribution in [0.4, 0.5) is 0 Å². The Bertz CT molecular complexity index is 791. The van der Waals surface area contributed by atoms with Gasteiger partial charge < -0.3 is 19.4 Å². The normalized spacial score (nSPS) is 14.9. The van der Waals surface area contributed by atoms with Crippen molar-refractivity contribution in [3.63, 3.8) is 0 Å². The van der Waals surface area contributed by atoms with E-state index >= 15 is 0 Å². The van der Waals surface area contributed by atoms with Gasteiger partial charge in [0.15, 0.2) is 0 Å². The minimum absolute atomic E-state index is 0.163. The van der Waals surface area contributed by atoms with Crippen molar-refractivity contribution in [1.82, 2.24) is 9.88 Å². The lowest BCUT2D eigenvalue weighted by Crippen LogP contribution is -2.31. The third-order valence-corrected chi connectivity index (χ3v) is 4.91. The quantitative estimate of drug-likeness (QED) is 0.814. The first-order valence-electron chi connectivity index (χ1n) is 8.89. The Labute approximate surface area is 148 Å². The second-order valence-corrected chi connectivity index (χ2v) is 6.35. The van der Waals surface area contributed by atoms with Crippen LogP contribution < -0.4 is 4.74 Å². The number of aromatic amines is 1. The van der Waals surface area contributed by atoms with Gasteiger partial charge in [-0.25, -0.2) is 4.79 Å². The van der Waals surface area contributed by atoms with E-state index in [-0.39, 0.29) is 5.97 Å². The second kappa shape index (κ2) is 7.64. The van der Waals surface area contributed by atoms with Crippen molar-refractivity contribution in [2.75, 3.05) is 26.8 Å².